The highest BCUT2D eigenvalue weighted by atomic mass is 19.4. The number of hydrogen-bond donors (Lipinski definition) is 2. The molecule has 0 fully saturated rings. The summed E-state index contributed by atoms with van der Waals surface area (Å²) in [6.45, 7) is 4.63. The maximum Gasteiger partial charge on any atom is 0.415 e. The van der Waals surface area contributed by atoms with Gasteiger partial charge in [0, 0.05) is 6.54 Å². The maximum absolute atomic E-state index is 12.3. The van der Waals surface area contributed by atoms with Gasteiger partial charge in [0.25, 0.3) is 0 Å². The van der Waals surface area contributed by atoms with Crippen molar-refractivity contribution in [1.29, 1.82) is 0 Å². The Labute approximate surface area is 98.0 Å². The molecule has 100 valence electrons. The number of carbonyl (C=O) groups excluding carboxylic acids is 1. The molecular formula is C10H17F3N2O2. The third kappa shape index (κ3) is 5.18. The van der Waals surface area contributed by atoms with Gasteiger partial charge in [-0.1, -0.05) is 6.08 Å². The molecule has 0 aliphatic heterocycles. The molecule has 0 aliphatic carbocycles. The lowest BCUT2D eigenvalue weighted by atomic mass is 10.0. The largest absolute Gasteiger partial charge is 0.415 e. The van der Waals surface area contributed by atoms with Crippen molar-refractivity contribution in [2.75, 3.05) is 19.8 Å². The zero-order chi connectivity index (χ0) is 13.5. The smallest absolute Gasteiger partial charge is 0.379 e. The van der Waals surface area contributed by atoms with Crippen LogP contribution in [0.25, 0.3) is 0 Å². The molecule has 17 heavy (non-hydrogen) atoms. The van der Waals surface area contributed by atoms with E-state index in [1.165, 1.54) is 0 Å². The number of alkyl halides is 3. The van der Waals surface area contributed by atoms with Crippen LogP contribution in [0.3, 0.4) is 0 Å². The number of nitrogens with two attached hydrogens (primary N) is 1. The molecule has 0 aromatic heterocycles. The summed E-state index contributed by atoms with van der Waals surface area (Å²) in [5.74, 6) is -1.27. The molecule has 1 unspecified atom stereocenters. The summed E-state index contributed by atoms with van der Waals surface area (Å²) < 4.78 is 42.0. The SMILES string of the molecule is C=CCCOCCNC(=O)C(C)(N)C(F)(F)F. The fraction of sp³-hybridized carbons (Fsp3) is 0.700. The molecule has 0 aromatic rings. The van der Waals surface area contributed by atoms with Crippen molar-refractivity contribution in [3.63, 3.8) is 0 Å². The van der Waals surface area contributed by atoms with Gasteiger partial charge in [-0.05, 0) is 13.3 Å². The minimum Gasteiger partial charge on any atom is -0.379 e. The molecule has 7 heteroatoms. The Morgan fingerprint density at radius 2 is 2.06 bits per heavy atom. The van der Waals surface area contributed by atoms with Crippen LogP contribution in [0.2, 0.25) is 0 Å². The van der Waals surface area contributed by atoms with Crippen LogP contribution < -0.4 is 11.1 Å². The van der Waals surface area contributed by atoms with Crippen molar-refractivity contribution in [3.8, 4) is 0 Å². The molecule has 0 rings (SSSR count). The first-order valence-corrected chi connectivity index (χ1v) is 5.06. The van der Waals surface area contributed by atoms with Gasteiger partial charge in [0.2, 0.25) is 5.91 Å². The summed E-state index contributed by atoms with van der Waals surface area (Å²) in [4.78, 5) is 11.2. The molecule has 3 N–H and O–H groups in total. The Hall–Kier alpha value is -1.08. The molecule has 1 atom stereocenters. The lowest BCUT2D eigenvalue weighted by Crippen LogP contribution is -2.61. The van der Waals surface area contributed by atoms with Crippen molar-refractivity contribution in [2.24, 2.45) is 5.73 Å². The van der Waals surface area contributed by atoms with Gasteiger partial charge >= 0.3 is 6.18 Å². The number of rotatable bonds is 7. The second kappa shape index (κ2) is 6.61. The van der Waals surface area contributed by atoms with Crippen molar-refractivity contribution in [3.05, 3.63) is 12.7 Å². The number of ether oxygens (including phenoxy) is 1. The van der Waals surface area contributed by atoms with Crippen molar-refractivity contribution < 1.29 is 22.7 Å². The summed E-state index contributed by atoms with van der Waals surface area (Å²) in [7, 11) is 0. The van der Waals surface area contributed by atoms with Gasteiger partial charge in [-0.25, -0.2) is 0 Å². The fourth-order valence-corrected chi connectivity index (χ4v) is 0.818. The Morgan fingerprint density at radius 1 is 1.47 bits per heavy atom. The van der Waals surface area contributed by atoms with Crippen LogP contribution in [0, 0.1) is 0 Å². The van der Waals surface area contributed by atoms with E-state index in [4.69, 9.17) is 10.5 Å². The Kier molecular flexibility index (Phi) is 6.19. The third-order valence-electron chi connectivity index (χ3n) is 2.06. The van der Waals surface area contributed by atoms with E-state index in [0.717, 1.165) is 0 Å². The molecule has 0 spiro atoms. The number of carbonyl (C=O) groups is 1. The monoisotopic (exact) mass is 254 g/mol. The van der Waals surface area contributed by atoms with Crippen LogP contribution in [-0.2, 0) is 9.53 Å². The summed E-state index contributed by atoms with van der Waals surface area (Å²) in [6.07, 6.45) is -2.48. The molecule has 0 radical (unpaired) electrons. The van der Waals surface area contributed by atoms with Crippen LogP contribution in [0.1, 0.15) is 13.3 Å². The van der Waals surface area contributed by atoms with E-state index in [1.807, 2.05) is 0 Å². The average Bonchev–Trinajstić information content (AvgIpc) is 2.21. The molecule has 0 saturated carbocycles. The topological polar surface area (TPSA) is 64.3 Å². The predicted octanol–water partition coefficient (Wildman–Crippen LogP) is 0.975. The Morgan fingerprint density at radius 3 is 2.53 bits per heavy atom. The quantitative estimate of drug-likeness (QED) is 0.525. The minimum atomic E-state index is -4.78. The highest BCUT2D eigenvalue weighted by Crippen LogP contribution is 2.27. The van der Waals surface area contributed by atoms with E-state index >= 15 is 0 Å². The molecular weight excluding hydrogens is 237 g/mol. The highest BCUT2D eigenvalue weighted by Gasteiger charge is 2.53. The van der Waals surface area contributed by atoms with E-state index in [1.54, 1.807) is 6.08 Å². The van der Waals surface area contributed by atoms with Crippen molar-refractivity contribution in [2.45, 2.75) is 25.1 Å². The third-order valence-corrected chi connectivity index (χ3v) is 2.06. The number of nitrogens with one attached hydrogen (secondary N) is 1. The average molecular weight is 254 g/mol. The number of halogens is 3. The summed E-state index contributed by atoms with van der Waals surface area (Å²) >= 11 is 0. The van der Waals surface area contributed by atoms with Crippen LogP contribution in [0.5, 0.6) is 0 Å². The normalized spacial score (nSPS) is 15.1. The first kappa shape index (κ1) is 15.9. The maximum atomic E-state index is 12.3. The van der Waals surface area contributed by atoms with Crippen LogP contribution >= 0.6 is 0 Å². The van der Waals surface area contributed by atoms with Crippen molar-refractivity contribution >= 4 is 5.91 Å². The summed E-state index contributed by atoms with van der Waals surface area (Å²) in [5, 5.41) is 2.07. The molecule has 4 nitrogen and oxygen atoms in total. The fourth-order valence-electron chi connectivity index (χ4n) is 0.818. The van der Waals surface area contributed by atoms with E-state index < -0.39 is 17.6 Å². The van der Waals surface area contributed by atoms with Gasteiger partial charge in [0.1, 0.15) is 0 Å². The van der Waals surface area contributed by atoms with E-state index in [-0.39, 0.29) is 13.2 Å². The zero-order valence-corrected chi connectivity index (χ0v) is 9.64. The predicted molar refractivity (Wildman–Crippen MR) is 57.3 cm³/mol. The van der Waals surface area contributed by atoms with Crippen LogP contribution in [-0.4, -0.2) is 37.4 Å². The molecule has 0 aliphatic rings. The molecule has 0 heterocycles. The summed E-state index contributed by atoms with van der Waals surface area (Å²) in [5.41, 5.74) is 2.03. The van der Waals surface area contributed by atoms with Crippen LogP contribution in [0.15, 0.2) is 12.7 Å². The molecule has 0 aromatic carbocycles. The number of amides is 1. The standard InChI is InChI=1S/C10H17F3N2O2/c1-3-4-6-17-7-5-15-8(16)9(2,14)10(11,12)13/h3H,1,4-7,14H2,2H3,(H,15,16). The van der Waals surface area contributed by atoms with E-state index in [0.29, 0.717) is 20.0 Å². The van der Waals surface area contributed by atoms with Gasteiger partial charge in [0.05, 0.1) is 13.2 Å². The Balaban J connectivity index is 3.91. The first-order valence-electron chi connectivity index (χ1n) is 5.06. The molecule has 0 bridgehead atoms. The van der Waals surface area contributed by atoms with Gasteiger partial charge in [-0.15, -0.1) is 6.58 Å². The van der Waals surface area contributed by atoms with Gasteiger partial charge in [-0.2, -0.15) is 13.2 Å². The van der Waals surface area contributed by atoms with Crippen molar-refractivity contribution in [1.82, 2.24) is 5.32 Å². The first-order chi connectivity index (χ1) is 7.73. The second-order valence-electron chi connectivity index (χ2n) is 3.65. The lowest BCUT2D eigenvalue weighted by Gasteiger charge is -2.26. The second-order valence-corrected chi connectivity index (χ2v) is 3.65. The van der Waals surface area contributed by atoms with E-state index in [2.05, 4.69) is 11.9 Å². The van der Waals surface area contributed by atoms with E-state index in [9.17, 15) is 18.0 Å². The zero-order valence-electron chi connectivity index (χ0n) is 9.64. The van der Waals surface area contributed by atoms with Gasteiger partial charge in [-0.3, -0.25) is 4.79 Å². The Bertz CT molecular complexity index is 265. The van der Waals surface area contributed by atoms with Gasteiger partial charge < -0.3 is 15.8 Å². The minimum absolute atomic E-state index is 0.0150. The molecule has 1 amide bonds. The molecule has 0 saturated heterocycles. The summed E-state index contributed by atoms with van der Waals surface area (Å²) in [6, 6.07) is 0. The highest BCUT2D eigenvalue weighted by molar-refractivity contribution is 5.86. The number of hydrogen-bond acceptors (Lipinski definition) is 3. The van der Waals surface area contributed by atoms with Gasteiger partial charge in [0.15, 0.2) is 5.54 Å². The van der Waals surface area contributed by atoms with Crippen LogP contribution in [0.4, 0.5) is 13.2 Å². The lowest BCUT2D eigenvalue weighted by molar-refractivity contribution is -0.187.